The van der Waals surface area contributed by atoms with Crippen molar-refractivity contribution in [3.05, 3.63) is 71.3 Å². The van der Waals surface area contributed by atoms with Crippen LogP contribution in [0, 0.1) is 0 Å². The smallest absolute Gasteiger partial charge is 0.317 e. The maximum absolute atomic E-state index is 13.0. The Morgan fingerprint density at radius 3 is 2.65 bits per heavy atom. The summed E-state index contributed by atoms with van der Waals surface area (Å²) >= 11 is 0. The van der Waals surface area contributed by atoms with Crippen molar-refractivity contribution in [3.63, 3.8) is 0 Å². The Kier molecular flexibility index (Phi) is 6.75. The van der Waals surface area contributed by atoms with Crippen LogP contribution in [0.15, 0.2) is 54.6 Å². The van der Waals surface area contributed by atoms with Crippen molar-refractivity contribution in [2.24, 2.45) is 0 Å². The van der Waals surface area contributed by atoms with Crippen LogP contribution >= 0.6 is 0 Å². The molecule has 2 aliphatic rings. The molecule has 2 aromatic rings. The second kappa shape index (κ2) is 9.86. The molecule has 1 heterocycles. The Labute approximate surface area is 184 Å². The van der Waals surface area contributed by atoms with Crippen LogP contribution in [0.4, 0.5) is 9.59 Å². The number of hydrogen-bond acceptors (Lipinski definition) is 2. The molecule has 1 saturated heterocycles. The van der Waals surface area contributed by atoms with Crippen molar-refractivity contribution in [2.75, 3.05) is 19.6 Å². The monoisotopic (exact) mass is 420 g/mol. The average Bonchev–Trinajstić information content (AvgIpc) is 3.26. The molecule has 2 aromatic carbocycles. The normalized spacial score (nSPS) is 21.1. The van der Waals surface area contributed by atoms with Gasteiger partial charge in [0.15, 0.2) is 0 Å². The van der Waals surface area contributed by atoms with E-state index in [1.807, 2.05) is 25.1 Å². The van der Waals surface area contributed by atoms with Gasteiger partial charge in [0.05, 0.1) is 6.04 Å². The van der Waals surface area contributed by atoms with Crippen molar-refractivity contribution in [1.29, 1.82) is 0 Å². The summed E-state index contributed by atoms with van der Waals surface area (Å²) in [4.78, 5) is 26.8. The lowest BCUT2D eigenvalue weighted by molar-refractivity contribution is 0.207. The van der Waals surface area contributed by atoms with Crippen LogP contribution in [0.2, 0.25) is 0 Å². The van der Waals surface area contributed by atoms with E-state index >= 15 is 0 Å². The highest BCUT2D eigenvalue weighted by Crippen LogP contribution is 2.40. The summed E-state index contributed by atoms with van der Waals surface area (Å²) in [5, 5.41) is 9.19. The third-order valence-corrected chi connectivity index (χ3v) is 6.40. The van der Waals surface area contributed by atoms with E-state index in [1.165, 1.54) is 11.1 Å². The molecule has 3 unspecified atom stereocenters. The lowest BCUT2D eigenvalue weighted by Crippen LogP contribution is -2.47. The minimum atomic E-state index is -0.167. The Morgan fingerprint density at radius 1 is 1.06 bits per heavy atom. The minimum Gasteiger partial charge on any atom is -0.338 e. The zero-order chi connectivity index (χ0) is 21.6. The molecule has 3 N–H and O–H groups in total. The first-order valence-electron chi connectivity index (χ1n) is 11.4. The molecular weight excluding hydrogens is 388 g/mol. The zero-order valence-electron chi connectivity index (χ0n) is 18.1. The number of nitrogens with zero attached hydrogens (tertiary/aromatic N) is 1. The molecule has 1 aliphatic carbocycles. The Bertz CT molecular complexity index is 901. The van der Waals surface area contributed by atoms with Gasteiger partial charge in [-0.3, -0.25) is 0 Å². The van der Waals surface area contributed by atoms with Gasteiger partial charge in [-0.2, -0.15) is 0 Å². The molecule has 4 rings (SSSR count). The van der Waals surface area contributed by atoms with Gasteiger partial charge in [-0.15, -0.1) is 0 Å². The van der Waals surface area contributed by atoms with Gasteiger partial charge in [0.1, 0.15) is 0 Å². The lowest BCUT2D eigenvalue weighted by Gasteiger charge is -2.33. The standard InChI is InChI=1S/C25H32N4O2/c1-2-26-25(31)29-16-15-20(17-29)27-24(30)28-23(19-10-4-3-5-11-19)22-14-8-12-18-9-6-7-13-21(18)22/h3-7,9-11,13,20,22-23H,2,8,12,14-17H2,1H3,(H,26,31)(H2,27,28,30). The molecule has 6 nitrogen and oxygen atoms in total. The summed E-state index contributed by atoms with van der Waals surface area (Å²) in [6.07, 6.45) is 4.04. The quantitative estimate of drug-likeness (QED) is 0.685. The van der Waals surface area contributed by atoms with Gasteiger partial charge in [-0.05, 0) is 49.3 Å². The molecule has 6 heteroatoms. The van der Waals surface area contributed by atoms with E-state index in [0.29, 0.717) is 19.6 Å². The Balaban J connectivity index is 1.47. The number of aryl methyl sites for hydroxylation is 1. The number of nitrogens with one attached hydrogen (secondary N) is 3. The zero-order valence-corrected chi connectivity index (χ0v) is 18.1. The number of rotatable bonds is 5. The first kappa shape index (κ1) is 21.2. The van der Waals surface area contributed by atoms with E-state index in [-0.39, 0.29) is 30.1 Å². The summed E-state index contributed by atoms with van der Waals surface area (Å²) in [7, 11) is 0. The van der Waals surface area contributed by atoms with Crippen molar-refractivity contribution in [1.82, 2.24) is 20.9 Å². The van der Waals surface area contributed by atoms with Crippen molar-refractivity contribution < 1.29 is 9.59 Å². The fraction of sp³-hybridized carbons (Fsp3) is 0.440. The van der Waals surface area contributed by atoms with Gasteiger partial charge in [-0.25, -0.2) is 9.59 Å². The molecule has 0 bridgehead atoms. The van der Waals surface area contributed by atoms with Gasteiger partial charge < -0.3 is 20.9 Å². The fourth-order valence-electron chi connectivity index (χ4n) is 4.91. The van der Waals surface area contributed by atoms with E-state index in [9.17, 15) is 9.59 Å². The van der Waals surface area contributed by atoms with Gasteiger partial charge in [-0.1, -0.05) is 54.6 Å². The number of benzene rings is 2. The highest BCUT2D eigenvalue weighted by Gasteiger charge is 2.32. The topological polar surface area (TPSA) is 73.5 Å². The number of amides is 4. The Morgan fingerprint density at radius 2 is 1.84 bits per heavy atom. The molecule has 1 aliphatic heterocycles. The molecular formula is C25H32N4O2. The summed E-state index contributed by atoms with van der Waals surface area (Å²) in [5.74, 6) is 0.244. The number of urea groups is 2. The third kappa shape index (κ3) is 5.01. The van der Waals surface area contributed by atoms with Gasteiger partial charge in [0.2, 0.25) is 0 Å². The van der Waals surface area contributed by atoms with Crippen LogP contribution in [0.5, 0.6) is 0 Å². The maximum atomic E-state index is 13.0. The van der Waals surface area contributed by atoms with Crippen LogP contribution in [0.3, 0.4) is 0 Å². The van der Waals surface area contributed by atoms with Crippen LogP contribution in [0.1, 0.15) is 54.8 Å². The summed E-state index contributed by atoms with van der Waals surface area (Å²) in [5.41, 5.74) is 3.84. The van der Waals surface area contributed by atoms with Crippen LogP contribution in [-0.4, -0.2) is 42.6 Å². The fourth-order valence-corrected chi connectivity index (χ4v) is 4.91. The first-order chi connectivity index (χ1) is 15.2. The molecule has 31 heavy (non-hydrogen) atoms. The largest absolute Gasteiger partial charge is 0.338 e. The first-order valence-corrected chi connectivity index (χ1v) is 11.4. The highest BCUT2D eigenvalue weighted by molar-refractivity contribution is 5.76. The maximum Gasteiger partial charge on any atom is 0.317 e. The summed E-state index contributed by atoms with van der Waals surface area (Å²) < 4.78 is 0. The molecule has 0 aromatic heterocycles. The van der Waals surface area contributed by atoms with Crippen LogP contribution in [0.25, 0.3) is 0 Å². The van der Waals surface area contributed by atoms with E-state index < -0.39 is 0 Å². The lowest BCUT2D eigenvalue weighted by atomic mass is 9.77. The second-order valence-electron chi connectivity index (χ2n) is 8.47. The molecule has 3 atom stereocenters. The molecule has 1 fully saturated rings. The SMILES string of the molecule is CCNC(=O)N1CCC(NC(=O)NC(c2ccccc2)C2CCCc3ccccc32)C1. The van der Waals surface area contributed by atoms with Crippen molar-refractivity contribution in [2.45, 2.75) is 50.6 Å². The van der Waals surface area contributed by atoms with E-state index in [0.717, 1.165) is 31.2 Å². The van der Waals surface area contributed by atoms with Crippen molar-refractivity contribution in [3.8, 4) is 0 Å². The summed E-state index contributed by atoms with van der Waals surface area (Å²) in [6, 6.07) is 18.5. The number of carbonyl (C=O) groups excluding carboxylic acids is 2. The molecule has 164 valence electrons. The molecule has 0 spiro atoms. The predicted octanol–water partition coefficient (Wildman–Crippen LogP) is 3.95. The van der Waals surface area contributed by atoms with Gasteiger partial charge >= 0.3 is 12.1 Å². The van der Waals surface area contributed by atoms with Crippen molar-refractivity contribution >= 4 is 12.1 Å². The van der Waals surface area contributed by atoms with E-state index in [4.69, 9.17) is 0 Å². The molecule has 0 radical (unpaired) electrons. The third-order valence-electron chi connectivity index (χ3n) is 6.40. The van der Waals surface area contributed by atoms with E-state index in [2.05, 4.69) is 52.3 Å². The molecule has 0 saturated carbocycles. The molecule has 4 amide bonds. The van der Waals surface area contributed by atoms with E-state index in [1.54, 1.807) is 4.90 Å². The number of hydrogen-bond donors (Lipinski definition) is 3. The second-order valence-corrected chi connectivity index (χ2v) is 8.47. The van der Waals surface area contributed by atoms with Crippen LogP contribution in [-0.2, 0) is 6.42 Å². The minimum absolute atomic E-state index is 0.0299. The predicted molar refractivity (Wildman–Crippen MR) is 122 cm³/mol. The highest BCUT2D eigenvalue weighted by atomic mass is 16.2. The number of fused-ring (bicyclic) bond motifs is 1. The average molecular weight is 421 g/mol. The van der Waals surface area contributed by atoms with Crippen LogP contribution < -0.4 is 16.0 Å². The van der Waals surface area contributed by atoms with Gasteiger partial charge in [0.25, 0.3) is 0 Å². The van der Waals surface area contributed by atoms with Gasteiger partial charge in [0, 0.05) is 31.6 Å². The number of carbonyl (C=O) groups is 2. The number of likely N-dealkylation sites (tertiary alicyclic amines) is 1. The Hall–Kier alpha value is -3.02. The summed E-state index contributed by atoms with van der Waals surface area (Å²) in [6.45, 7) is 3.72.